The van der Waals surface area contributed by atoms with E-state index in [0.29, 0.717) is 28.0 Å². The highest BCUT2D eigenvalue weighted by Gasteiger charge is 2.19. The van der Waals surface area contributed by atoms with Crippen molar-refractivity contribution in [1.82, 2.24) is 14.8 Å². The van der Waals surface area contributed by atoms with Gasteiger partial charge in [0.1, 0.15) is 0 Å². The molecule has 34 heavy (non-hydrogen) atoms. The number of benzene rings is 1. The zero-order valence-corrected chi connectivity index (χ0v) is 19.3. The van der Waals surface area contributed by atoms with Gasteiger partial charge in [-0.2, -0.15) is 5.10 Å². The van der Waals surface area contributed by atoms with Crippen LogP contribution < -0.4 is 10.6 Å². The summed E-state index contributed by atoms with van der Waals surface area (Å²) in [5.41, 5.74) is 3.08. The Balaban J connectivity index is 1.41. The minimum atomic E-state index is -0.343. The Kier molecular flexibility index (Phi) is 5.69. The first-order valence-corrected chi connectivity index (χ1v) is 11.6. The van der Waals surface area contributed by atoms with Crippen molar-refractivity contribution in [2.24, 2.45) is 0 Å². The molecule has 0 saturated heterocycles. The van der Waals surface area contributed by atoms with Crippen molar-refractivity contribution in [2.75, 3.05) is 10.6 Å². The van der Waals surface area contributed by atoms with Crippen molar-refractivity contribution in [3.05, 3.63) is 83.8 Å². The van der Waals surface area contributed by atoms with Gasteiger partial charge in [0.2, 0.25) is 0 Å². The predicted octanol–water partition coefficient (Wildman–Crippen LogP) is 5.84. The summed E-state index contributed by atoms with van der Waals surface area (Å²) in [4.78, 5) is 31.2. The van der Waals surface area contributed by atoms with Crippen molar-refractivity contribution >= 4 is 45.6 Å². The maximum absolute atomic E-state index is 13.3. The van der Waals surface area contributed by atoms with Crippen molar-refractivity contribution in [1.29, 1.82) is 0 Å². The van der Waals surface area contributed by atoms with Gasteiger partial charge in [0.25, 0.3) is 11.8 Å². The lowest BCUT2D eigenvalue weighted by Gasteiger charge is -2.11. The number of amides is 2. The maximum Gasteiger partial charge on any atom is 0.291 e. The average Bonchev–Trinajstić information content (AvgIpc) is 3.61. The quantitative estimate of drug-likeness (QED) is 0.324. The fourth-order valence-electron chi connectivity index (χ4n) is 3.57. The lowest BCUT2D eigenvalue weighted by atomic mass is 10.1. The number of aromatic nitrogens is 3. The van der Waals surface area contributed by atoms with Crippen LogP contribution in [0.15, 0.2) is 76.9 Å². The first-order chi connectivity index (χ1) is 16.5. The van der Waals surface area contributed by atoms with Gasteiger partial charge in [-0.25, -0.2) is 9.67 Å². The second kappa shape index (κ2) is 8.95. The van der Waals surface area contributed by atoms with Crippen LogP contribution in [0, 0.1) is 0 Å². The first kappa shape index (κ1) is 21.6. The first-order valence-electron chi connectivity index (χ1n) is 10.7. The van der Waals surface area contributed by atoms with Crippen LogP contribution in [-0.4, -0.2) is 26.6 Å². The molecule has 0 atom stereocenters. The molecule has 0 aliphatic carbocycles. The molecule has 5 aromatic rings. The van der Waals surface area contributed by atoms with Gasteiger partial charge in [-0.3, -0.25) is 9.59 Å². The van der Waals surface area contributed by atoms with Crippen molar-refractivity contribution < 1.29 is 14.0 Å². The summed E-state index contributed by atoms with van der Waals surface area (Å²) in [6.07, 6.45) is 3.13. The molecule has 0 fully saturated rings. The fourth-order valence-corrected chi connectivity index (χ4v) is 4.26. The predicted molar refractivity (Wildman–Crippen MR) is 132 cm³/mol. The third-order valence-corrected chi connectivity index (χ3v) is 6.11. The van der Waals surface area contributed by atoms with Gasteiger partial charge in [-0.05, 0) is 67.8 Å². The number of rotatable bonds is 6. The molecular weight excluding hydrogens is 450 g/mol. The molecule has 0 aliphatic rings. The van der Waals surface area contributed by atoms with E-state index in [4.69, 9.17) is 9.40 Å². The van der Waals surface area contributed by atoms with E-state index in [1.165, 1.54) is 6.26 Å². The number of furan rings is 1. The Morgan fingerprint density at radius 2 is 1.74 bits per heavy atom. The van der Waals surface area contributed by atoms with E-state index < -0.39 is 0 Å². The summed E-state index contributed by atoms with van der Waals surface area (Å²) >= 11 is 1.57. The van der Waals surface area contributed by atoms with Crippen LogP contribution in [0.25, 0.3) is 21.6 Å². The van der Waals surface area contributed by atoms with Gasteiger partial charge in [0.05, 0.1) is 34.0 Å². The molecule has 5 rings (SSSR count). The van der Waals surface area contributed by atoms with Crippen LogP contribution in [0.5, 0.6) is 0 Å². The fraction of sp³-hybridized carbons (Fsp3) is 0.120. The number of carbonyl (C=O) groups is 2. The molecular formula is C25H21N5O3S. The number of pyridine rings is 1. The second-order valence-electron chi connectivity index (χ2n) is 7.92. The number of thiophene rings is 1. The van der Waals surface area contributed by atoms with E-state index in [2.05, 4.69) is 15.7 Å². The molecule has 0 spiro atoms. The molecule has 9 heteroatoms. The lowest BCUT2D eigenvalue weighted by Crippen LogP contribution is -2.14. The zero-order chi connectivity index (χ0) is 23.7. The molecule has 0 bridgehead atoms. The Morgan fingerprint density at radius 3 is 2.35 bits per heavy atom. The van der Waals surface area contributed by atoms with E-state index in [1.54, 1.807) is 60.0 Å². The zero-order valence-electron chi connectivity index (χ0n) is 18.5. The summed E-state index contributed by atoms with van der Waals surface area (Å²) in [6.45, 7) is 4.05. The minimum absolute atomic E-state index is 0.100. The second-order valence-corrected chi connectivity index (χ2v) is 8.86. The third kappa shape index (κ3) is 4.20. The minimum Gasteiger partial charge on any atom is -0.459 e. The summed E-state index contributed by atoms with van der Waals surface area (Å²) < 4.78 is 6.92. The number of nitrogens with zero attached hydrogens (tertiary/aromatic N) is 3. The highest BCUT2D eigenvalue weighted by molar-refractivity contribution is 7.13. The number of nitrogens with one attached hydrogen (secondary N) is 2. The molecule has 0 saturated carbocycles. The summed E-state index contributed by atoms with van der Waals surface area (Å²) in [5, 5.41) is 12.8. The molecule has 170 valence electrons. The SMILES string of the molecule is CC(C)n1ncc2c(C(=O)Nc3ccc(NC(=O)c4ccco4)cc3)cc(-c3cccs3)nc21. The van der Waals surface area contributed by atoms with Crippen LogP contribution in [0.4, 0.5) is 11.4 Å². The number of fused-ring (bicyclic) bond motifs is 1. The Hall–Kier alpha value is -4.24. The number of carbonyl (C=O) groups excluding carboxylic acids is 2. The van der Waals surface area contributed by atoms with E-state index in [0.717, 1.165) is 10.6 Å². The monoisotopic (exact) mass is 471 g/mol. The summed E-state index contributed by atoms with van der Waals surface area (Å²) in [7, 11) is 0. The maximum atomic E-state index is 13.3. The average molecular weight is 472 g/mol. The Morgan fingerprint density at radius 1 is 1.00 bits per heavy atom. The lowest BCUT2D eigenvalue weighted by molar-refractivity contribution is 0.0994. The van der Waals surface area contributed by atoms with Gasteiger partial charge in [0, 0.05) is 17.4 Å². The van der Waals surface area contributed by atoms with Gasteiger partial charge < -0.3 is 15.1 Å². The number of hydrogen-bond acceptors (Lipinski definition) is 6. The molecule has 8 nitrogen and oxygen atoms in total. The molecule has 2 amide bonds. The molecule has 1 aromatic carbocycles. The van der Waals surface area contributed by atoms with Gasteiger partial charge >= 0.3 is 0 Å². The van der Waals surface area contributed by atoms with Crippen LogP contribution in [0.2, 0.25) is 0 Å². The van der Waals surface area contributed by atoms with Crippen LogP contribution in [-0.2, 0) is 0 Å². The molecule has 4 aromatic heterocycles. The van der Waals surface area contributed by atoms with Crippen LogP contribution in [0.3, 0.4) is 0 Å². The molecule has 0 unspecified atom stereocenters. The Bertz CT molecular complexity index is 1450. The normalized spacial score (nSPS) is 11.1. The molecule has 0 radical (unpaired) electrons. The summed E-state index contributed by atoms with van der Waals surface area (Å²) in [5.74, 6) is -0.382. The van der Waals surface area contributed by atoms with E-state index in [9.17, 15) is 9.59 Å². The smallest absolute Gasteiger partial charge is 0.291 e. The highest BCUT2D eigenvalue weighted by atomic mass is 32.1. The van der Waals surface area contributed by atoms with Crippen molar-refractivity contribution in [3.63, 3.8) is 0 Å². The van der Waals surface area contributed by atoms with Gasteiger partial charge in [-0.15, -0.1) is 11.3 Å². The number of hydrogen-bond donors (Lipinski definition) is 2. The molecule has 4 heterocycles. The molecule has 0 aliphatic heterocycles. The number of anilines is 2. The van der Waals surface area contributed by atoms with E-state index in [-0.39, 0.29) is 23.6 Å². The van der Waals surface area contributed by atoms with Crippen molar-refractivity contribution in [2.45, 2.75) is 19.9 Å². The van der Waals surface area contributed by atoms with Crippen molar-refractivity contribution in [3.8, 4) is 10.6 Å². The highest BCUT2D eigenvalue weighted by Crippen LogP contribution is 2.29. The van der Waals surface area contributed by atoms with Gasteiger partial charge in [-0.1, -0.05) is 6.07 Å². The third-order valence-electron chi connectivity index (χ3n) is 5.22. The standard InChI is InChI=1S/C25H21N5O3S/c1-15(2)30-23-19(14-26-30)18(13-20(29-23)22-6-4-12-34-22)24(31)27-16-7-9-17(10-8-16)28-25(32)21-5-3-11-33-21/h3-15H,1-2H3,(H,27,31)(H,28,32). The van der Waals surface area contributed by atoms with Gasteiger partial charge in [0.15, 0.2) is 11.4 Å². The summed E-state index contributed by atoms with van der Waals surface area (Å²) in [6, 6.07) is 16.0. The Labute approximate surface area is 199 Å². The van der Waals surface area contributed by atoms with Crippen LogP contribution in [0.1, 0.15) is 40.8 Å². The van der Waals surface area contributed by atoms with Crippen LogP contribution >= 0.6 is 11.3 Å². The largest absolute Gasteiger partial charge is 0.459 e. The van der Waals surface area contributed by atoms with E-state index >= 15 is 0 Å². The molecule has 2 N–H and O–H groups in total. The topological polar surface area (TPSA) is 102 Å². The van der Waals surface area contributed by atoms with E-state index in [1.807, 2.05) is 36.0 Å².